The molecule has 3 rings (SSSR count). The van der Waals surface area contributed by atoms with Crippen molar-refractivity contribution in [2.24, 2.45) is 0 Å². The molecule has 0 unspecified atom stereocenters. The van der Waals surface area contributed by atoms with Crippen molar-refractivity contribution in [3.63, 3.8) is 0 Å². The standard InChI is InChI=1S/C28H31BrN2O3/c1-4-30-28(33)25(17-22-8-6-5-7-9-22)31(18-23-11-13-24(29)14-12-23)27(32)19-34-26-15-10-20(2)16-21(26)3/h5-16,25H,4,17-19H2,1-3H3,(H,30,33)/t25-/m1/s1. The van der Waals surface area contributed by atoms with E-state index in [9.17, 15) is 9.59 Å². The van der Waals surface area contributed by atoms with Gasteiger partial charge in [0.2, 0.25) is 5.91 Å². The van der Waals surface area contributed by atoms with E-state index in [2.05, 4.69) is 21.2 Å². The Labute approximate surface area is 210 Å². The first-order chi connectivity index (χ1) is 16.4. The summed E-state index contributed by atoms with van der Waals surface area (Å²) in [6.45, 7) is 6.50. The van der Waals surface area contributed by atoms with Crippen LogP contribution in [0.5, 0.6) is 5.75 Å². The van der Waals surface area contributed by atoms with Gasteiger partial charge in [-0.3, -0.25) is 9.59 Å². The molecule has 1 N–H and O–H groups in total. The summed E-state index contributed by atoms with van der Waals surface area (Å²) in [5.41, 5.74) is 4.03. The normalized spacial score (nSPS) is 11.5. The van der Waals surface area contributed by atoms with Crippen LogP contribution in [0.25, 0.3) is 0 Å². The minimum Gasteiger partial charge on any atom is -0.483 e. The number of nitrogens with zero attached hydrogens (tertiary/aromatic N) is 1. The molecule has 0 aliphatic carbocycles. The molecule has 0 aliphatic rings. The lowest BCUT2D eigenvalue weighted by Crippen LogP contribution is -2.51. The van der Waals surface area contributed by atoms with Gasteiger partial charge in [-0.25, -0.2) is 0 Å². The van der Waals surface area contributed by atoms with Gasteiger partial charge in [0.25, 0.3) is 5.91 Å². The minimum atomic E-state index is -0.666. The highest BCUT2D eigenvalue weighted by Gasteiger charge is 2.30. The molecular weight excluding hydrogens is 492 g/mol. The van der Waals surface area contributed by atoms with Crippen molar-refractivity contribution >= 4 is 27.7 Å². The molecule has 0 bridgehead atoms. The van der Waals surface area contributed by atoms with Crippen LogP contribution in [0.2, 0.25) is 0 Å². The molecule has 0 spiro atoms. The summed E-state index contributed by atoms with van der Waals surface area (Å²) < 4.78 is 6.86. The number of hydrogen-bond donors (Lipinski definition) is 1. The summed E-state index contributed by atoms with van der Waals surface area (Å²) in [5, 5.41) is 2.90. The Morgan fingerprint density at radius 2 is 1.68 bits per heavy atom. The monoisotopic (exact) mass is 522 g/mol. The van der Waals surface area contributed by atoms with Gasteiger partial charge < -0.3 is 15.0 Å². The second-order valence-corrected chi connectivity index (χ2v) is 9.22. The fourth-order valence-corrected chi connectivity index (χ4v) is 4.08. The Morgan fingerprint density at radius 1 is 0.971 bits per heavy atom. The molecule has 0 saturated carbocycles. The van der Waals surface area contributed by atoms with E-state index in [0.29, 0.717) is 25.3 Å². The van der Waals surface area contributed by atoms with Gasteiger partial charge >= 0.3 is 0 Å². The number of aryl methyl sites for hydroxylation is 2. The second kappa shape index (κ2) is 12.4. The number of rotatable bonds is 10. The molecule has 2 amide bonds. The number of carbonyl (C=O) groups is 2. The van der Waals surface area contributed by atoms with E-state index in [1.54, 1.807) is 4.90 Å². The number of nitrogens with one attached hydrogen (secondary N) is 1. The van der Waals surface area contributed by atoms with Crippen LogP contribution in [0.3, 0.4) is 0 Å². The maximum absolute atomic E-state index is 13.5. The fraction of sp³-hybridized carbons (Fsp3) is 0.286. The molecule has 6 heteroatoms. The molecule has 178 valence electrons. The number of likely N-dealkylation sites (N-methyl/N-ethyl adjacent to an activating group) is 1. The molecule has 3 aromatic rings. The lowest BCUT2D eigenvalue weighted by atomic mass is 10.0. The number of carbonyl (C=O) groups excluding carboxylic acids is 2. The molecular formula is C28H31BrN2O3. The van der Waals surface area contributed by atoms with Crippen LogP contribution in [0, 0.1) is 13.8 Å². The Kier molecular flexibility index (Phi) is 9.28. The number of halogens is 1. The van der Waals surface area contributed by atoms with Crippen molar-refractivity contribution in [3.05, 3.63) is 99.5 Å². The summed E-state index contributed by atoms with van der Waals surface area (Å²) >= 11 is 3.46. The summed E-state index contributed by atoms with van der Waals surface area (Å²) in [7, 11) is 0. The molecule has 5 nitrogen and oxygen atoms in total. The first kappa shape index (κ1) is 25.5. The highest BCUT2D eigenvalue weighted by atomic mass is 79.9. The van der Waals surface area contributed by atoms with E-state index in [0.717, 1.165) is 26.7 Å². The molecule has 0 aliphatic heterocycles. The highest BCUT2D eigenvalue weighted by Crippen LogP contribution is 2.20. The van der Waals surface area contributed by atoms with E-state index < -0.39 is 6.04 Å². The van der Waals surface area contributed by atoms with Gasteiger partial charge in [0.05, 0.1) is 0 Å². The summed E-state index contributed by atoms with van der Waals surface area (Å²) in [5.74, 6) is 0.249. The zero-order chi connectivity index (χ0) is 24.5. The smallest absolute Gasteiger partial charge is 0.261 e. The molecule has 0 aromatic heterocycles. The molecule has 0 radical (unpaired) electrons. The van der Waals surface area contributed by atoms with Crippen LogP contribution in [0.15, 0.2) is 77.3 Å². The third-order valence-corrected chi connectivity index (χ3v) is 6.10. The predicted octanol–water partition coefficient (Wildman–Crippen LogP) is 5.22. The van der Waals surface area contributed by atoms with Gasteiger partial charge in [0.1, 0.15) is 11.8 Å². The van der Waals surface area contributed by atoms with Crippen LogP contribution in [-0.2, 0) is 22.6 Å². The first-order valence-electron chi connectivity index (χ1n) is 11.4. The van der Waals surface area contributed by atoms with Gasteiger partial charge in [-0.1, -0.05) is 76.1 Å². The average Bonchev–Trinajstić information content (AvgIpc) is 2.82. The van der Waals surface area contributed by atoms with Crippen LogP contribution >= 0.6 is 15.9 Å². The van der Waals surface area contributed by atoms with E-state index in [1.165, 1.54) is 0 Å². The van der Waals surface area contributed by atoms with Gasteiger partial charge in [-0.05, 0) is 55.7 Å². The molecule has 3 aromatic carbocycles. The molecule has 0 saturated heterocycles. The predicted molar refractivity (Wildman–Crippen MR) is 139 cm³/mol. The summed E-state index contributed by atoms with van der Waals surface area (Å²) in [4.78, 5) is 28.3. The van der Waals surface area contributed by atoms with E-state index in [1.807, 2.05) is 93.6 Å². The summed E-state index contributed by atoms with van der Waals surface area (Å²) in [6.07, 6.45) is 0.415. The van der Waals surface area contributed by atoms with Crippen molar-refractivity contribution in [2.45, 2.75) is 39.8 Å². The van der Waals surface area contributed by atoms with Crippen molar-refractivity contribution in [3.8, 4) is 5.75 Å². The topological polar surface area (TPSA) is 58.6 Å². The van der Waals surface area contributed by atoms with E-state index in [4.69, 9.17) is 4.74 Å². The van der Waals surface area contributed by atoms with Gasteiger partial charge in [-0.15, -0.1) is 0 Å². The zero-order valence-electron chi connectivity index (χ0n) is 19.9. The van der Waals surface area contributed by atoms with Gasteiger partial charge in [0, 0.05) is 24.0 Å². The molecule has 0 heterocycles. The Morgan fingerprint density at radius 3 is 2.32 bits per heavy atom. The summed E-state index contributed by atoms with van der Waals surface area (Å²) in [6, 6.07) is 22.7. The van der Waals surface area contributed by atoms with Crippen LogP contribution < -0.4 is 10.1 Å². The lowest BCUT2D eigenvalue weighted by Gasteiger charge is -2.31. The molecule has 34 heavy (non-hydrogen) atoms. The van der Waals surface area contributed by atoms with Crippen molar-refractivity contribution < 1.29 is 14.3 Å². The third-order valence-electron chi connectivity index (χ3n) is 5.57. The second-order valence-electron chi connectivity index (χ2n) is 8.31. The number of hydrogen-bond acceptors (Lipinski definition) is 3. The zero-order valence-corrected chi connectivity index (χ0v) is 21.5. The minimum absolute atomic E-state index is 0.148. The Hall–Kier alpha value is -3.12. The van der Waals surface area contributed by atoms with Gasteiger partial charge in [0.15, 0.2) is 6.61 Å². The number of ether oxygens (including phenoxy) is 1. The van der Waals surface area contributed by atoms with Crippen molar-refractivity contribution in [1.29, 1.82) is 0 Å². The van der Waals surface area contributed by atoms with E-state index in [-0.39, 0.29) is 18.4 Å². The number of benzene rings is 3. The van der Waals surface area contributed by atoms with Crippen LogP contribution in [0.4, 0.5) is 0 Å². The third kappa shape index (κ3) is 7.19. The largest absolute Gasteiger partial charge is 0.483 e. The Bertz CT molecular complexity index is 1100. The highest BCUT2D eigenvalue weighted by molar-refractivity contribution is 9.10. The van der Waals surface area contributed by atoms with E-state index >= 15 is 0 Å². The maximum Gasteiger partial charge on any atom is 0.261 e. The SMILES string of the molecule is CCNC(=O)[C@@H](Cc1ccccc1)N(Cc1ccc(Br)cc1)C(=O)COc1ccc(C)cc1C. The van der Waals surface area contributed by atoms with Crippen molar-refractivity contribution in [1.82, 2.24) is 10.2 Å². The molecule has 0 fully saturated rings. The Balaban J connectivity index is 1.89. The average molecular weight is 523 g/mol. The quantitative estimate of drug-likeness (QED) is 0.397. The van der Waals surface area contributed by atoms with Gasteiger partial charge in [-0.2, -0.15) is 0 Å². The molecule has 1 atom stereocenters. The maximum atomic E-state index is 13.5. The fourth-order valence-electron chi connectivity index (χ4n) is 3.82. The van der Waals surface area contributed by atoms with Crippen molar-refractivity contribution in [2.75, 3.05) is 13.2 Å². The number of amides is 2. The van der Waals surface area contributed by atoms with Crippen LogP contribution in [-0.4, -0.2) is 35.9 Å². The van der Waals surface area contributed by atoms with Crippen LogP contribution in [0.1, 0.15) is 29.2 Å². The first-order valence-corrected chi connectivity index (χ1v) is 12.2. The lowest BCUT2D eigenvalue weighted by molar-refractivity contribution is -0.142.